The van der Waals surface area contributed by atoms with Gasteiger partial charge in [0, 0.05) is 18.1 Å². The molecule has 2 aromatic carbocycles. The largest absolute Gasteiger partial charge is 0.438 e. The number of aromatic amines is 1. The fourth-order valence-corrected chi connectivity index (χ4v) is 3.03. The molecule has 0 bridgehead atoms. The van der Waals surface area contributed by atoms with Crippen LogP contribution >= 0.6 is 0 Å². The van der Waals surface area contributed by atoms with Gasteiger partial charge >= 0.3 is 0 Å². The lowest BCUT2D eigenvalue weighted by molar-refractivity contribution is 0.465. The lowest BCUT2D eigenvalue weighted by Crippen LogP contribution is -1.94. The van der Waals surface area contributed by atoms with Crippen molar-refractivity contribution in [2.24, 2.45) is 0 Å². The molecule has 0 spiro atoms. The Morgan fingerprint density at radius 2 is 1.80 bits per heavy atom. The first-order valence-corrected chi connectivity index (χ1v) is 9.17. The van der Waals surface area contributed by atoms with Crippen LogP contribution in [-0.4, -0.2) is 24.9 Å². The minimum absolute atomic E-state index is 0.298. The second-order valence-corrected chi connectivity index (χ2v) is 6.42. The summed E-state index contributed by atoms with van der Waals surface area (Å²) in [6, 6.07) is 17.6. The number of aromatic nitrogens is 5. The summed E-state index contributed by atoms with van der Waals surface area (Å²) in [6.45, 7) is 0. The quantitative estimate of drug-likeness (QED) is 0.429. The van der Waals surface area contributed by atoms with Crippen molar-refractivity contribution < 1.29 is 9.13 Å². The Kier molecular flexibility index (Phi) is 4.49. The Morgan fingerprint density at radius 3 is 2.60 bits per heavy atom. The molecule has 0 amide bonds. The summed E-state index contributed by atoms with van der Waals surface area (Å²) in [4.78, 5) is 19.8. The molecule has 0 aliphatic carbocycles. The average molecular weight is 398 g/mol. The number of hydrogen-bond acceptors (Lipinski definition) is 6. The van der Waals surface area contributed by atoms with Crippen LogP contribution in [0.5, 0.6) is 11.6 Å². The Hall–Kier alpha value is -4.33. The van der Waals surface area contributed by atoms with Crippen molar-refractivity contribution in [3.05, 3.63) is 85.2 Å². The van der Waals surface area contributed by atoms with Crippen LogP contribution in [0, 0.1) is 5.82 Å². The summed E-state index contributed by atoms with van der Waals surface area (Å²) in [5.41, 5.74) is 3.20. The van der Waals surface area contributed by atoms with Gasteiger partial charge in [-0.2, -0.15) is 0 Å². The molecular formula is C22H15FN6O. The highest BCUT2D eigenvalue weighted by Crippen LogP contribution is 2.30. The van der Waals surface area contributed by atoms with E-state index in [-0.39, 0.29) is 5.82 Å². The predicted octanol–water partition coefficient (Wildman–Crippen LogP) is 5.09. The van der Waals surface area contributed by atoms with Crippen LogP contribution in [0.2, 0.25) is 0 Å². The van der Waals surface area contributed by atoms with Gasteiger partial charge in [-0.15, -0.1) is 0 Å². The van der Waals surface area contributed by atoms with Gasteiger partial charge < -0.3 is 15.0 Å². The van der Waals surface area contributed by atoms with Gasteiger partial charge in [-0.25, -0.2) is 24.3 Å². The summed E-state index contributed by atoms with van der Waals surface area (Å²) in [6.07, 6.45) is 4.82. The number of rotatable bonds is 5. The molecule has 146 valence electrons. The maximum absolute atomic E-state index is 13.8. The molecule has 5 aromatic rings. The van der Waals surface area contributed by atoms with Gasteiger partial charge in [-0.05, 0) is 54.6 Å². The van der Waals surface area contributed by atoms with Crippen LogP contribution in [0.3, 0.4) is 0 Å². The molecule has 2 N–H and O–H groups in total. The fraction of sp³-hybridized carbons (Fsp3) is 0. The molecule has 3 aromatic heterocycles. The molecule has 30 heavy (non-hydrogen) atoms. The third kappa shape index (κ3) is 3.53. The standard InChI is InChI=1S/C22H15FN6O/c23-17-4-1-5-19-20(17)29-22(28-19)27-14-6-8-15(9-7-14)30-21-16(3-2-11-25-21)18-10-12-24-13-26-18/h1-13H,(H2,27,28,29). The summed E-state index contributed by atoms with van der Waals surface area (Å²) >= 11 is 0. The second kappa shape index (κ2) is 7.59. The number of imidazole rings is 1. The third-order valence-corrected chi connectivity index (χ3v) is 4.42. The van der Waals surface area contributed by atoms with Crippen molar-refractivity contribution in [3.8, 4) is 22.9 Å². The Balaban J connectivity index is 1.35. The smallest absolute Gasteiger partial charge is 0.228 e. The molecule has 0 aliphatic rings. The van der Waals surface area contributed by atoms with E-state index in [2.05, 4.69) is 30.2 Å². The van der Waals surface area contributed by atoms with Gasteiger partial charge in [0.1, 0.15) is 17.6 Å². The Morgan fingerprint density at radius 1 is 0.900 bits per heavy atom. The van der Waals surface area contributed by atoms with Crippen LogP contribution in [0.1, 0.15) is 0 Å². The van der Waals surface area contributed by atoms with Gasteiger partial charge in [0.15, 0.2) is 5.82 Å². The maximum atomic E-state index is 13.8. The van der Waals surface area contributed by atoms with E-state index in [1.807, 2.05) is 36.4 Å². The van der Waals surface area contributed by atoms with Crippen molar-refractivity contribution in [1.29, 1.82) is 0 Å². The van der Waals surface area contributed by atoms with Gasteiger partial charge in [0.25, 0.3) is 0 Å². The van der Waals surface area contributed by atoms with Gasteiger partial charge in [-0.1, -0.05) is 6.07 Å². The van der Waals surface area contributed by atoms with Gasteiger partial charge in [0.05, 0.1) is 16.8 Å². The van der Waals surface area contributed by atoms with Crippen molar-refractivity contribution in [2.45, 2.75) is 0 Å². The Labute approximate surface area is 170 Å². The second-order valence-electron chi connectivity index (χ2n) is 6.42. The average Bonchev–Trinajstić information content (AvgIpc) is 3.20. The van der Waals surface area contributed by atoms with E-state index in [0.717, 1.165) is 16.9 Å². The number of nitrogens with zero attached hydrogens (tertiary/aromatic N) is 4. The van der Waals surface area contributed by atoms with Crippen molar-refractivity contribution in [1.82, 2.24) is 24.9 Å². The third-order valence-electron chi connectivity index (χ3n) is 4.42. The molecule has 0 unspecified atom stereocenters. The molecule has 0 radical (unpaired) electrons. The van der Waals surface area contributed by atoms with Crippen molar-refractivity contribution in [3.63, 3.8) is 0 Å². The Bertz CT molecular complexity index is 1300. The minimum atomic E-state index is -0.365. The molecule has 8 heteroatoms. The topological polar surface area (TPSA) is 88.6 Å². The van der Waals surface area contributed by atoms with E-state index < -0.39 is 0 Å². The summed E-state index contributed by atoms with van der Waals surface area (Å²) in [5, 5.41) is 3.13. The zero-order chi connectivity index (χ0) is 20.3. The summed E-state index contributed by atoms with van der Waals surface area (Å²) < 4.78 is 19.8. The monoisotopic (exact) mass is 398 g/mol. The first-order chi connectivity index (χ1) is 14.8. The molecule has 0 saturated heterocycles. The SMILES string of the molecule is Fc1cccc2[nH]c(Nc3ccc(Oc4ncccc4-c4ccncn4)cc3)nc12. The number of halogens is 1. The predicted molar refractivity (Wildman–Crippen MR) is 111 cm³/mol. The number of para-hydroxylation sites is 1. The van der Waals surface area contributed by atoms with E-state index in [1.54, 1.807) is 30.6 Å². The molecular weight excluding hydrogens is 383 g/mol. The maximum Gasteiger partial charge on any atom is 0.228 e. The fourth-order valence-electron chi connectivity index (χ4n) is 3.03. The van der Waals surface area contributed by atoms with Crippen LogP contribution in [0.15, 0.2) is 79.4 Å². The highest BCUT2D eigenvalue weighted by atomic mass is 19.1. The van der Waals surface area contributed by atoms with Crippen LogP contribution in [-0.2, 0) is 0 Å². The highest BCUT2D eigenvalue weighted by Gasteiger charge is 2.10. The molecule has 0 saturated carbocycles. The van der Waals surface area contributed by atoms with E-state index >= 15 is 0 Å². The van der Waals surface area contributed by atoms with E-state index in [4.69, 9.17) is 4.74 Å². The van der Waals surface area contributed by atoms with E-state index in [9.17, 15) is 4.39 Å². The molecule has 5 rings (SSSR count). The van der Waals surface area contributed by atoms with Crippen LogP contribution in [0.4, 0.5) is 16.0 Å². The summed E-state index contributed by atoms with van der Waals surface area (Å²) in [7, 11) is 0. The minimum Gasteiger partial charge on any atom is -0.438 e. The molecule has 7 nitrogen and oxygen atoms in total. The zero-order valence-electron chi connectivity index (χ0n) is 15.6. The molecule has 3 heterocycles. The number of H-pyrrole nitrogens is 1. The first-order valence-electron chi connectivity index (χ1n) is 9.17. The van der Waals surface area contributed by atoms with Crippen molar-refractivity contribution >= 4 is 22.7 Å². The number of hydrogen-bond donors (Lipinski definition) is 2. The number of pyridine rings is 1. The van der Waals surface area contributed by atoms with Crippen LogP contribution in [0.25, 0.3) is 22.3 Å². The van der Waals surface area contributed by atoms with E-state index in [0.29, 0.717) is 28.6 Å². The lowest BCUT2D eigenvalue weighted by atomic mass is 10.2. The summed E-state index contributed by atoms with van der Waals surface area (Å²) in [5.74, 6) is 1.16. The molecule has 0 fully saturated rings. The van der Waals surface area contributed by atoms with Gasteiger partial charge in [0.2, 0.25) is 11.8 Å². The normalized spacial score (nSPS) is 10.8. The lowest BCUT2D eigenvalue weighted by Gasteiger charge is -2.10. The van der Waals surface area contributed by atoms with Gasteiger partial charge in [-0.3, -0.25) is 0 Å². The number of benzene rings is 2. The number of ether oxygens (including phenoxy) is 1. The number of fused-ring (bicyclic) bond motifs is 1. The molecule has 0 aliphatic heterocycles. The van der Waals surface area contributed by atoms with Crippen LogP contribution < -0.4 is 10.1 Å². The highest BCUT2D eigenvalue weighted by molar-refractivity contribution is 5.79. The zero-order valence-corrected chi connectivity index (χ0v) is 15.6. The first kappa shape index (κ1) is 17.7. The van der Waals surface area contributed by atoms with E-state index in [1.165, 1.54) is 12.4 Å². The number of nitrogens with one attached hydrogen (secondary N) is 2. The van der Waals surface area contributed by atoms with Crippen molar-refractivity contribution in [2.75, 3.05) is 5.32 Å². The molecule has 0 atom stereocenters. The number of anilines is 2.